The van der Waals surface area contributed by atoms with Crippen LogP contribution in [0.15, 0.2) is 41.0 Å². The standard InChI is InChI=1S/C11H10ClFN2O/c12-9-6-7(13)3-4-8(9)11(15-14)10-2-1-5-16-10/h1-6,11,15H,14H2. The van der Waals surface area contributed by atoms with Gasteiger partial charge >= 0.3 is 0 Å². The SMILES string of the molecule is NNC(c1ccco1)c1ccc(F)cc1Cl. The second-order valence-corrected chi connectivity index (χ2v) is 3.69. The molecule has 3 nitrogen and oxygen atoms in total. The Labute approximate surface area is 97.0 Å². The molecule has 1 atom stereocenters. The third kappa shape index (κ3) is 2.09. The van der Waals surface area contributed by atoms with Crippen molar-refractivity contribution in [2.75, 3.05) is 0 Å². The molecule has 2 rings (SSSR count). The fourth-order valence-electron chi connectivity index (χ4n) is 1.52. The van der Waals surface area contributed by atoms with Crippen LogP contribution in [0.3, 0.4) is 0 Å². The maximum atomic E-state index is 12.9. The second-order valence-electron chi connectivity index (χ2n) is 3.28. The normalized spacial score (nSPS) is 12.7. The number of benzene rings is 1. The molecule has 0 fully saturated rings. The molecule has 5 heteroatoms. The minimum atomic E-state index is -0.386. The first-order valence-corrected chi connectivity index (χ1v) is 5.04. The Hall–Kier alpha value is -1.36. The molecular weight excluding hydrogens is 231 g/mol. The third-order valence-corrected chi connectivity index (χ3v) is 2.60. The molecule has 1 unspecified atom stereocenters. The van der Waals surface area contributed by atoms with Gasteiger partial charge in [0.05, 0.1) is 6.26 Å². The molecule has 1 aromatic heterocycles. The van der Waals surface area contributed by atoms with Gasteiger partial charge in [-0.25, -0.2) is 9.82 Å². The summed E-state index contributed by atoms with van der Waals surface area (Å²) in [7, 11) is 0. The van der Waals surface area contributed by atoms with E-state index in [9.17, 15) is 4.39 Å². The highest BCUT2D eigenvalue weighted by Gasteiger charge is 2.18. The van der Waals surface area contributed by atoms with Crippen molar-refractivity contribution in [2.24, 2.45) is 5.84 Å². The van der Waals surface area contributed by atoms with Crippen molar-refractivity contribution in [3.8, 4) is 0 Å². The van der Waals surface area contributed by atoms with Crippen molar-refractivity contribution in [1.82, 2.24) is 5.43 Å². The first-order valence-electron chi connectivity index (χ1n) is 4.67. The quantitative estimate of drug-likeness (QED) is 0.641. The molecule has 0 aliphatic carbocycles. The largest absolute Gasteiger partial charge is 0.467 e. The lowest BCUT2D eigenvalue weighted by Crippen LogP contribution is -2.28. The summed E-state index contributed by atoms with van der Waals surface area (Å²) < 4.78 is 18.1. The van der Waals surface area contributed by atoms with E-state index in [1.165, 1.54) is 18.4 Å². The summed E-state index contributed by atoms with van der Waals surface area (Å²) in [6.45, 7) is 0. The van der Waals surface area contributed by atoms with Gasteiger partial charge in [0.1, 0.15) is 17.6 Å². The Morgan fingerprint density at radius 2 is 2.19 bits per heavy atom. The number of hydrogen-bond acceptors (Lipinski definition) is 3. The molecule has 0 saturated heterocycles. The van der Waals surface area contributed by atoms with Gasteiger partial charge < -0.3 is 4.42 Å². The summed E-state index contributed by atoms with van der Waals surface area (Å²) in [4.78, 5) is 0. The average molecular weight is 241 g/mol. The van der Waals surface area contributed by atoms with Crippen LogP contribution in [0.4, 0.5) is 4.39 Å². The molecule has 2 aromatic rings. The van der Waals surface area contributed by atoms with Crippen LogP contribution in [0.2, 0.25) is 5.02 Å². The van der Waals surface area contributed by atoms with E-state index in [0.717, 1.165) is 0 Å². The van der Waals surface area contributed by atoms with Gasteiger partial charge in [-0.15, -0.1) is 0 Å². The lowest BCUT2D eigenvalue weighted by Gasteiger charge is -2.15. The van der Waals surface area contributed by atoms with Crippen LogP contribution in [0.1, 0.15) is 17.4 Å². The zero-order valence-electron chi connectivity index (χ0n) is 8.28. The molecule has 0 saturated carbocycles. The number of nitrogens with one attached hydrogen (secondary N) is 1. The number of rotatable bonds is 3. The van der Waals surface area contributed by atoms with Gasteiger partial charge in [0, 0.05) is 5.02 Å². The third-order valence-electron chi connectivity index (χ3n) is 2.27. The summed E-state index contributed by atoms with van der Waals surface area (Å²) >= 11 is 5.94. The maximum absolute atomic E-state index is 12.9. The van der Waals surface area contributed by atoms with E-state index in [2.05, 4.69) is 5.43 Å². The lowest BCUT2D eigenvalue weighted by atomic mass is 10.1. The Kier molecular flexibility index (Phi) is 3.24. The predicted octanol–water partition coefficient (Wildman–Crippen LogP) is 2.62. The number of halogens is 2. The Balaban J connectivity index is 2.41. The van der Waals surface area contributed by atoms with Gasteiger partial charge in [0.2, 0.25) is 0 Å². The molecule has 0 bridgehead atoms. The van der Waals surface area contributed by atoms with Crippen molar-refractivity contribution < 1.29 is 8.81 Å². The fourth-order valence-corrected chi connectivity index (χ4v) is 1.79. The highest BCUT2D eigenvalue weighted by atomic mass is 35.5. The summed E-state index contributed by atoms with van der Waals surface area (Å²) in [5.41, 5.74) is 3.25. The first-order chi connectivity index (χ1) is 7.72. The molecule has 0 spiro atoms. The lowest BCUT2D eigenvalue weighted by molar-refractivity contribution is 0.452. The van der Waals surface area contributed by atoms with E-state index >= 15 is 0 Å². The monoisotopic (exact) mass is 240 g/mol. The molecule has 0 aliphatic heterocycles. The van der Waals surface area contributed by atoms with Crippen LogP contribution in [-0.2, 0) is 0 Å². The fraction of sp³-hybridized carbons (Fsp3) is 0.0909. The highest BCUT2D eigenvalue weighted by Crippen LogP contribution is 2.28. The Bertz CT molecular complexity index is 473. The molecule has 1 heterocycles. The number of nitrogens with two attached hydrogens (primary N) is 1. The van der Waals surface area contributed by atoms with E-state index < -0.39 is 0 Å². The van der Waals surface area contributed by atoms with Crippen molar-refractivity contribution in [3.05, 3.63) is 58.8 Å². The van der Waals surface area contributed by atoms with E-state index in [4.69, 9.17) is 21.9 Å². The molecule has 3 N–H and O–H groups in total. The van der Waals surface area contributed by atoms with Gasteiger partial charge in [-0.2, -0.15) is 0 Å². The van der Waals surface area contributed by atoms with Crippen molar-refractivity contribution >= 4 is 11.6 Å². The number of hydrazine groups is 1. The van der Waals surface area contributed by atoms with Crippen molar-refractivity contribution in [1.29, 1.82) is 0 Å². The molecule has 1 aromatic carbocycles. The van der Waals surface area contributed by atoms with Gasteiger partial charge in [-0.05, 0) is 29.8 Å². The topological polar surface area (TPSA) is 51.2 Å². The van der Waals surface area contributed by atoms with E-state index in [1.54, 1.807) is 18.2 Å². The molecule has 16 heavy (non-hydrogen) atoms. The highest BCUT2D eigenvalue weighted by molar-refractivity contribution is 6.31. The van der Waals surface area contributed by atoms with Gasteiger partial charge in [-0.3, -0.25) is 5.84 Å². The number of hydrogen-bond donors (Lipinski definition) is 2. The van der Waals surface area contributed by atoms with Gasteiger partial charge in [0.25, 0.3) is 0 Å². The molecule has 0 radical (unpaired) electrons. The Morgan fingerprint density at radius 1 is 1.38 bits per heavy atom. The average Bonchev–Trinajstić information content (AvgIpc) is 2.75. The van der Waals surface area contributed by atoms with Crippen LogP contribution in [-0.4, -0.2) is 0 Å². The van der Waals surface area contributed by atoms with Crippen LogP contribution < -0.4 is 11.3 Å². The van der Waals surface area contributed by atoms with Crippen molar-refractivity contribution in [2.45, 2.75) is 6.04 Å². The van der Waals surface area contributed by atoms with Crippen molar-refractivity contribution in [3.63, 3.8) is 0 Å². The van der Waals surface area contributed by atoms with Crippen LogP contribution >= 0.6 is 11.6 Å². The summed E-state index contributed by atoms with van der Waals surface area (Å²) in [6, 6.07) is 7.27. The summed E-state index contributed by atoms with van der Waals surface area (Å²) in [5, 5.41) is 0.305. The van der Waals surface area contributed by atoms with Crippen LogP contribution in [0, 0.1) is 5.82 Å². The van der Waals surface area contributed by atoms with Gasteiger partial charge in [0.15, 0.2) is 0 Å². The van der Waals surface area contributed by atoms with Crippen LogP contribution in [0.5, 0.6) is 0 Å². The summed E-state index contributed by atoms with van der Waals surface area (Å²) in [5.74, 6) is 5.68. The zero-order chi connectivity index (χ0) is 11.5. The van der Waals surface area contributed by atoms with Gasteiger partial charge in [-0.1, -0.05) is 17.7 Å². The molecule has 0 aliphatic rings. The maximum Gasteiger partial charge on any atom is 0.126 e. The molecule has 0 amide bonds. The summed E-state index contributed by atoms with van der Waals surface area (Å²) in [6.07, 6.45) is 1.54. The second kappa shape index (κ2) is 4.65. The minimum Gasteiger partial charge on any atom is -0.467 e. The smallest absolute Gasteiger partial charge is 0.126 e. The first kappa shape index (κ1) is 11.1. The van der Waals surface area contributed by atoms with E-state index in [0.29, 0.717) is 16.3 Å². The Morgan fingerprint density at radius 3 is 2.75 bits per heavy atom. The predicted molar refractivity (Wildman–Crippen MR) is 59.3 cm³/mol. The molecule has 84 valence electrons. The zero-order valence-corrected chi connectivity index (χ0v) is 9.04. The van der Waals surface area contributed by atoms with E-state index in [-0.39, 0.29) is 11.9 Å². The van der Waals surface area contributed by atoms with E-state index in [1.807, 2.05) is 0 Å². The molecular formula is C11H10ClFN2O. The minimum absolute atomic E-state index is 0.305. The number of furan rings is 1. The van der Waals surface area contributed by atoms with Crippen LogP contribution in [0.25, 0.3) is 0 Å².